The van der Waals surface area contributed by atoms with Gasteiger partial charge in [-0.3, -0.25) is 0 Å². The molecule has 0 saturated carbocycles. The molecular weight excluding hydrogens is 242 g/mol. The van der Waals surface area contributed by atoms with E-state index in [2.05, 4.69) is 6.07 Å². The average molecular weight is 261 g/mol. The Morgan fingerprint density at radius 3 is 2.95 bits per heavy atom. The minimum absolute atomic E-state index is 0.128. The molecule has 0 radical (unpaired) electrons. The van der Waals surface area contributed by atoms with Crippen LogP contribution >= 0.6 is 0 Å². The van der Waals surface area contributed by atoms with Crippen LogP contribution in [-0.4, -0.2) is 30.5 Å². The second-order valence-electron chi connectivity index (χ2n) is 5.18. The Balaban J connectivity index is 2.29. The van der Waals surface area contributed by atoms with Crippen molar-refractivity contribution in [2.24, 2.45) is 5.41 Å². The fourth-order valence-corrected chi connectivity index (χ4v) is 2.34. The van der Waals surface area contributed by atoms with E-state index in [9.17, 15) is 10.4 Å². The van der Waals surface area contributed by atoms with Crippen LogP contribution in [0.25, 0.3) is 0 Å². The van der Waals surface area contributed by atoms with Gasteiger partial charge in [-0.15, -0.1) is 0 Å². The van der Waals surface area contributed by atoms with Gasteiger partial charge in [0.25, 0.3) is 0 Å². The molecule has 0 bridgehead atoms. The van der Waals surface area contributed by atoms with E-state index in [1.807, 2.05) is 31.2 Å². The predicted octanol–water partition coefficient (Wildman–Crippen LogP) is 1.92. The van der Waals surface area contributed by atoms with Crippen LogP contribution < -0.4 is 4.74 Å². The lowest BCUT2D eigenvalue weighted by atomic mass is 9.69. The first kappa shape index (κ1) is 13.9. The first-order valence-corrected chi connectivity index (χ1v) is 6.47. The number of benzene rings is 1. The number of nitriles is 1. The molecule has 1 N–H and O–H groups in total. The van der Waals surface area contributed by atoms with Gasteiger partial charge in [-0.1, -0.05) is 18.2 Å². The van der Waals surface area contributed by atoms with Crippen LogP contribution in [0.3, 0.4) is 0 Å². The number of hydrogen-bond acceptors (Lipinski definition) is 4. The Hall–Kier alpha value is -1.57. The van der Waals surface area contributed by atoms with Crippen LogP contribution in [0.4, 0.5) is 0 Å². The Labute approximate surface area is 113 Å². The van der Waals surface area contributed by atoms with Crippen molar-refractivity contribution in [3.63, 3.8) is 0 Å². The van der Waals surface area contributed by atoms with E-state index >= 15 is 0 Å². The number of fused-ring (bicyclic) bond motifs is 1. The molecule has 1 aromatic rings. The number of nitrogens with zero attached hydrogens (tertiary/aromatic N) is 1. The van der Waals surface area contributed by atoms with Crippen molar-refractivity contribution in [2.75, 3.05) is 19.8 Å². The molecule has 0 spiro atoms. The molecule has 2 unspecified atom stereocenters. The maximum Gasteiger partial charge on any atom is 0.126 e. The van der Waals surface area contributed by atoms with Crippen molar-refractivity contribution in [1.82, 2.24) is 0 Å². The van der Waals surface area contributed by atoms with Crippen molar-refractivity contribution < 1.29 is 14.6 Å². The minimum atomic E-state index is -1.24. The summed E-state index contributed by atoms with van der Waals surface area (Å²) in [4.78, 5) is 0. The van der Waals surface area contributed by atoms with Gasteiger partial charge in [0, 0.05) is 13.0 Å². The van der Waals surface area contributed by atoms with Crippen molar-refractivity contribution in [2.45, 2.75) is 25.9 Å². The summed E-state index contributed by atoms with van der Waals surface area (Å²) in [6, 6.07) is 9.87. The van der Waals surface area contributed by atoms with Gasteiger partial charge in [0.15, 0.2) is 0 Å². The molecule has 1 aliphatic rings. The fourth-order valence-electron chi connectivity index (χ4n) is 2.34. The number of aliphatic hydroxyl groups is 1. The Bertz CT molecular complexity index is 492. The molecule has 0 saturated heterocycles. The Morgan fingerprint density at radius 2 is 2.26 bits per heavy atom. The Kier molecular flexibility index (Phi) is 3.79. The molecule has 0 aliphatic carbocycles. The smallest absolute Gasteiger partial charge is 0.126 e. The Morgan fingerprint density at radius 1 is 1.53 bits per heavy atom. The molecular formula is C15H19NO3. The monoisotopic (exact) mass is 261 g/mol. The molecule has 4 nitrogen and oxygen atoms in total. The number of para-hydroxylation sites is 1. The molecule has 102 valence electrons. The van der Waals surface area contributed by atoms with Crippen molar-refractivity contribution >= 4 is 0 Å². The first-order chi connectivity index (χ1) is 9.04. The zero-order valence-electron chi connectivity index (χ0n) is 11.3. The molecule has 19 heavy (non-hydrogen) atoms. The van der Waals surface area contributed by atoms with Crippen LogP contribution in [0, 0.1) is 16.7 Å². The van der Waals surface area contributed by atoms with Crippen molar-refractivity contribution in [3.05, 3.63) is 29.8 Å². The third-order valence-corrected chi connectivity index (χ3v) is 3.77. The van der Waals surface area contributed by atoms with Crippen molar-refractivity contribution in [3.8, 4) is 11.8 Å². The number of ether oxygens (including phenoxy) is 2. The predicted molar refractivity (Wildman–Crippen MR) is 70.8 cm³/mol. The molecule has 4 heteroatoms. The molecule has 0 fully saturated rings. The van der Waals surface area contributed by atoms with Gasteiger partial charge >= 0.3 is 0 Å². The van der Waals surface area contributed by atoms with Crippen LogP contribution in [0.15, 0.2) is 24.3 Å². The van der Waals surface area contributed by atoms with Crippen LogP contribution in [0.5, 0.6) is 5.75 Å². The number of rotatable bonds is 4. The maximum atomic E-state index is 10.6. The summed E-state index contributed by atoms with van der Waals surface area (Å²) in [6.07, 6.45) is 0.472. The van der Waals surface area contributed by atoms with E-state index < -0.39 is 11.0 Å². The van der Waals surface area contributed by atoms with Crippen molar-refractivity contribution in [1.29, 1.82) is 5.26 Å². The third-order valence-electron chi connectivity index (χ3n) is 3.77. The molecule has 1 heterocycles. The SMILES string of the molecule is CCOCC(C)(O)C1(C#N)COc2ccccc2C1. The summed E-state index contributed by atoms with van der Waals surface area (Å²) in [6.45, 7) is 4.32. The molecule has 0 amide bonds. The van der Waals surface area contributed by atoms with E-state index in [-0.39, 0.29) is 13.2 Å². The van der Waals surface area contributed by atoms with Gasteiger partial charge in [-0.05, 0) is 25.5 Å². The van der Waals surface area contributed by atoms with Gasteiger partial charge in [-0.25, -0.2) is 0 Å². The lowest BCUT2D eigenvalue weighted by Crippen LogP contribution is -2.54. The average Bonchev–Trinajstić information content (AvgIpc) is 2.44. The molecule has 0 aromatic heterocycles. The fraction of sp³-hybridized carbons (Fsp3) is 0.533. The molecule has 1 aliphatic heterocycles. The van der Waals surface area contributed by atoms with E-state index in [1.54, 1.807) is 6.92 Å². The first-order valence-electron chi connectivity index (χ1n) is 6.47. The highest BCUT2D eigenvalue weighted by atomic mass is 16.5. The van der Waals surface area contributed by atoms with Gasteiger partial charge in [-0.2, -0.15) is 5.26 Å². The standard InChI is InChI=1S/C15H19NO3/c1-3-18-10-14(2,17)15(9-16)8-12-6-4-5-7-13(12)19-11-15/h4-7,17H,3,8,10-11H2,1-2H3. The highest BCUT2D eigenvalue weighted by molar-refractivity contribution is 5.38. The lowest BCUT2D eigenvalue weighted by Gasteiger charge is -2.42. The van der Waals surface area contributed by atoms with E-state index in [1.165, 1.54) is 0 Å². The van der Waals surface area contributed by atoms with E-state index in [0.29, 0.717) is 13.0 Å². The zero-order chi connectivity index (χ0) is 13.9. The molecule has 2 atom stereocenters. The summed E-state index contributed by atoms with van der Waals surface area (Å²) >= 11 is 0. The normalized spacial score (nSPS) is 24.7. The molecule has 1 aromatic carbocycles. The van der Waals surface area contributed by atoms with Gasteiger partial charge in [0.05, 0.1) is 12.7 Å². The summed E-state index contributed by atoms with van der Waals surface area (Å²) in [5.74, 6) is 0.792. The molecule has 2 rings (SSSR count). The quantitative estimate of drug-likeness (QED) is 0.899. The van der Waals surface area contributed by atoms with Crippen LogP contribution in [0.2, 0.25) is 0 Å². The van der Waals surface area contributed by atoms with Crippen LogP contribution in [-0.2, 0) is 11.2 Å². The number of hydrogen-bond donors (Lipinski definition) is 1. The highest BCUT2D eigenvalue weighted by Gasteiger charge is 2.51. The van der Waals surface area contributed by atoms with E-state index in [4.69, 9.17) is 9.47 Å². The van der Waals surface area contributed by atoms with Gasteiger partial charge < -0.3 is 14.6 Å². The largest absolute Gasteiger partial charge is 0.492 e. The van der Waals surface area contributed by atoms with E-state index in [0.717, 1.165) is 11.3 Å². The maximum absolute atomic E-state index is 10.6. The second kappa shape index (κ2) is 5.20. The summed E-state index contributed by atoms with van der Waals surface area (Å²) in [7, 11) is 0. The van der Waals surface area contributed by atoms with Crippen LogP contribution in [0.1, 0.15) is 19.4 Å². The topological polar surface area (TPSA) is 62.5 Å². The summed E-state index contributed by atoms with van der Waals surface area (Å²) in [5, 5.41) is 20.2. The van der Waals surface area contributed by atoms with Gasteiger partial charge in [0.1, 0.15) is 23.4 Å². The zero-order valence-corrected chi connectivity index (χ0v) is 11.3. The third kappa shape index (κ3) is 2.44. The summed E-state index contributed by atoms with van der Waals surface area (Å²) < 4.78 is 11.0. The minimum Gasteiger partial charge on any atom is -0.492 e. The summed E-state index contributed by atoms with van der Waals surface area (Å²) in [5.41, 5.74) is -1.27. The van der Waals surface area contributed by atoms with Gasteiger partial charge in [0.2, 0.25) is 0 Å². The second-order valence-corrected chi connectivity index (χ2v) is 5.18. The highest BCUT2D eigenvalue weighted by Crippen LogP contribution is 2.41. The lowest BCUT2D eigenvalue weighted by molar-refractivity contribution is -0.113.